The van der Waals surface area contributed by atoms with Crippen LogP contribution in [0.15, 0.2) is 18.2 Å². The van der Waals surface area contributed by atoms with E-state index in [4.69, 9.17) is 0 Å². The zero-order chi connectivity index (χ0) is 15.2. The Hall–Kier alpha value is -0.960. The Labute approximate surface area is 127 Å². The molecule has 3 heteroatoms. The number of benzene rings is 1. The lowest BCUT2D eigenvalue weighted by Gasteiger charge is -2.35. The second-order valence-corrected chi connectivity index (χ2v) is 6.27. The zero-order valence-corrected chi connectivity index (χ0v) is 13.2. The number of hydrogen-bond acceptors (Lipinski definition) is 1. The molecule has 1 fully saturated rings. The number of rotatable bonds is 6. The standard InChI is InChI=1S/C18H27F2N/c1-3-13-7-5-8-14(11-13)18(21-4-2)12-15-16(19)9-6-10-17(15)20/h6,9-10,13-14,18,21H,3-5,7-8,11-12H2,1-2H3. The van der Waals surface area contributed by atoms with Gasteiger partial charge in [-0.05, 0) is 49.8 Å². The fourth-order valence-electron chi connectivity index (χ4n) is 3.68. The van der Waals surface area contributed by atoms with Gasteiger partial charge in [0.25, 0.3) is 0 Å². The Morgan fingerprint density at radius 2 is 1.90 bits per heavy atom. The van der Waals surface area contributed by atoms with Crippen molar-refractivity contribution in [2.75, 3.05) is 6.54 Å². The molecule has 1 aromatic rings. The van der Waals surface area contributed by atoms with Crippen LogP contribution in [0.5, 0.6) is 0 Å². The number of halogens is 2. The van der Waals surface area contributed by atoms with Crippen LogP contribution in [0.4, 0.5) is 8.78 Å². The zero-order valence-electron chi connectivity index (χ0n) is 13.2. The molecule has 1 aromatic carbocycles. The predicted octanol–water partition coefficient (Wildman–Crippen LogP) is 4.70. The summed E-state index contributed by atoms with van der Waals surface area (Å²) in [7, 11) is 0. The fraction of sp³-hybridized carbons (Fsp3) is 0.667. The van der Waals surface area contributed by atoms with E-state index in [9.17, 15) is 8.78 Å². The Balaban J connectivity index is 2.11. The topological polar surface area (TPSA) is 12.0 Å². The summed E-state index contributed by atoms with van der Waals surface area (Å²) in [5.41, 5.74) is 0.238. The van der Waals surface area contributed by atoms with Gasteiger partial charge in [0.15, 0.2) is 0 Å². The minimum Gasteiger partial charge on any atom is -0.314 e. The van der Waals surface area contributed by atoms with Crippen molar-refractivity contribution < 1.29 is 8.78 Å². The SMILES string of the molecule is CCNC(Cc1c(F)cccc1F)C1CCCC(CC)C1. The molecule has 118 valence electrons. The van der Waals surface area contributed by atoms with Crippen molar-refractivity contribution in [2.24, 2.45) is 11.8 Å². The highest BCUT2D eigenvalue weighted by molar-refractivity contribution is 5.21. The van der Waals surface area contributed by atoms with Crippen molar-refractivity contribution in [3.63, 3.8) is 0 Å². The van der Waals surface area contributed by atoms with Crippen molar-refractivity contribution in [3.05, 3.63) is 35.4 Å². The van der Waals surface area contributed by atoms with Crippen molar-refractivity contribution >= 4 is 0 Å². The number of hydrogen-bond donors (Lipinski definition) is 1. The maximum atomic E-state index is 13.9. The maximum absolute atomic E-state index is 13.9. The van der Waals surface area contributed by atoms with Gasteiger partial charge in [0.05, 0.1) is 0 Å². The van der Waals surface area contributed by atoms with Crippen molar-refractivity contribution in [3.8, 4) is 0 Å². The molecule has 1 N–H and O–H groups in total. The van der Waals surface area contributed by atoms with Crippen LogP contribution in [0, 0.1) is 23.5 Å². The first-order valence-electron chi connectivity index (χ1n) is 8.31. The molecular weight excluding hydrogens is 268 g/mol. The quantitative estimate of drug-likeness (QED) is 0.802. The van der Waals surface area contributed by atoms with E-state index in [0.717, 1.165) is 12.5 Å². The van der Waals surface area contributed by atoms with Gasteiger partial charge >= 0.3 is 0 Å². The average molecular weight is 295 g/mol. The molecule has 0 radical (unpaired) electrons. The molecule has 0 saturated heterocycles. The van der Waals surface area contributed by atoms with E-state index in [2.05, 4.69) is 19.2 Å². The van der Waals surface area contributed by atoms with E-state index >= 15 is 0 Å². The normalized spacial score (nSPS) is 24.0. The van der Waals surface area contributed by atoms with Gasteiger partial charge in [-0.2, -0.15) is 0 Å². The van der Waals surface area contributed by atoms with Gasteiger partial charge in [-0.25, -0.2) is 8.78 Å². The summed E-state index contributed by atoms with van der Waals surface area (Å²) in [6, 6.07) is 4.33. The Bertz CT molecular complexity index is 427. The van der Waals surface area contributed by atoms with Crippen LogP contribution in [0.1, 0.15) is 51.5 Å². The van der Waals surface area contributed by atoms with Gasteiger partial charge in [0.2, 0.25) is 0 Å². The van der Waals surface area contributed by atoms with Crippen LogP contribution in [0.3, 0.4) is 0 Å². The smallest absolute Gasteiger partial charge is 0.129 e. The summed E-state index contributed by atoms with van der Waals surface area (Å²) >= 11 is 0. The van der Waals surface area contributed by atoms with Gasteiger partial charge in [-0.1, -0.05) is 39.2 Å². The molecule has 1 nitrogen and oxygen atoms in total. The van der Waals surface area contributed by atoms with E-state index < -0.39 is 11.6 Å². The third kappa shape index (κ3) is 4.26. The van der Waals surface area contributed by atoms with Gasteiger partial charge < -0.3 is 5.32 Å². The Morgan fingerprint density at radius 1 is 1.19 bits per heavy atom. The molecule has 0 bridgehead atoms. The molecule has 21 heavy (non-hydrogen) atoms. The minimum atomic E-state index is -0.416. The van der Waals surface area contributed by atoms with Crippen molar-refractivity contribution in [1.82, 2.24) is 5.32 Å². The lowest BCUT2D eigenvalue weighted by atomic mass is 9.75. The fourth-order valence-corrected chi connectivity index (χ4v) is 3.68. The molecular formula is C18H27F2N. The van der Waals surface area contributed by atoms with Crippen LogP contribution in [0.2, 0.25) is 0 Å². The van der Waals surface area contributed by atoms with Gasteiger partial charge in [0.1, 0.15) is 11.6 Å². The van der Waals surface area contributed by atoms with E-state index in [1.54, 1.807) is 0 Å². The molecule has 1 aliphatic rings. The first kappa shape index (κ1) is 16.4. The van der Waals surface area contributed by atoms with Crippen LogP contribution in [0.25, 0.3) is 0 Å². The first-order chi connectivity index (χ1) is 10.2. The lowest BCUT2D eigenvalue weighted by molar-refractivity contribution is 0.207. The van der Waals surface area contributed by atoms with Crippen LogP contribution in [-0.2, 0) is 6.42 Å². The summed E-state index contributed by atoms with van der Waals surface area (Å²) in [5.74, 6) is 0.472. The molecule has 3 unspecified atom stereocenters. The van der Waals surface area contributed by atoms with Crippen LogP contribution >= 0.6 is 0 Å². The van der Waals surface area contributed by atoms with Gasteiger partial charge in [-0.15, -0.1) is 0 Å². The molecule has 0 heterocycles. The van der Waals surface area contributed by atoms with Crippen molar-refractivity contribution in [2.45, 2.75) is 58.4 Å². The Kier molecular flexibility index (Phi) is 6.16. The summed E-state index contributed by atoms with van der Waals surface area (Å²) in [6.45, 7) is 5.14. The van der Waals surface area contributed by atoms with E-state index in [0.29, 0.717) is 12.3 Å². The summed E-state index contributed by atoms with van der Waals surface area (Å²) in [4.78, 5) is 0. The number of nitrogens with one attached hydrogen (secondary N) is 1. The minimum absolute atomic E-state index is 0.177. The predicted molar refractivity (Wildman–Crippen MR) is 83.3 cm³/mol. The highest BCUT2D eigenvalue weighted by atomic mass is 19.1. The second-order valence-electron chi connectivity index (χ2n) is 6.27. The Morgan fingerprint density at radius 3 is 2.52 bits per heavy atom. The van der Waals surface area contributed by atoms with Crippen LogP contribution in [-0.4, -0.2) is 12.6 Å². The molecule has 0 amide bonds. The molecule has 3 atom stereocenters. The maximum Gasteiger partial charge on any atom is 0.129 e. The number of likely N-dealkylation sites (N-methyl/N-ethyl adjacent to an activating group) is 1. The molecule has 0 spiro atoms. The highest BCUT2D eigenvalue weighted by Gasteiger charge is 2.28. The lowest BCUT2D eigenvalue weighted by Crippen LogP contribution is -2.40. The first-order valence-corrected chi connectivity index (χ1v) is 8.31. The van der Waals surface area contributed by atoms with Crippen LogP contribution < -0.4 is 5.32 Å². The molecule has 2 rings (SSSR count). The van der Waals surface area contributed by atoms with Gasteiger partial charge in [-0.3, -0.25) is 0 Å². The van der Waals surface area contributed by atoms with E-state index in [1.165, 1.54) is 50.3 Å². The third-order valence-electron chi connectivity index (χ3n) is 4.92. The monoisotopic (exact) mass is 295 g/mol. The second kappa shape index (κ2) is 7.88. The van der Waals surface area contributed by atoms with Crippen molar-refractivity contribution in [1.29, 1.82) is 0 Å². The molecule has 0 aliphatic heterocycles. The highest BCUT2D eigenvalue weighted by Crippen LogP contribution is 2.34. The summed E-state index contributed by atoms with van der Waals surface area (Å²) in [5, 5.41) is 3.47. The van der Waals surface area contributed by atoms with E-state index in [-0.39, 0.29) is 11.6 Å². The third-order valence-corrected chi connectivity index (χ3v) is 4.92. The largest absolute Gasteiger partial charge is 0.314 e. The average Bonchev–Trinajstić information content (AvgIpc) is 2.50. The van der Waals surface area contributed by atoms with Gasteiger partial charge in [0, 0.05) is 11.6 Å². The molecule has 1 saturated carbocycles. The molecule has 0 aromatic heterocycles. The summed E-state index contributed by atoms with van der Waals surface area (Å²) in [6.07, 6.45) is 6.57. The molecule has 1 aliphatic carbocycles. The summed E-state index contributed by atoms with van der Waals surface area (Å²) < 4.78 is 27.8. The van der Waals surface area contributed by atoms with E-state index in [1.807, 2.05) is 0 Å².